The maximum Gasteiger partial charge on any atom is 0.329 e. The van der Waals surface area contributed by atoms with Gasteiger partial charge in [0, 0.05) is 10.7 Å². The predicted octanol–water partition coefficient (Wildman–Crippen LogP) is 3.35. The number of benzene rings is 1. The summed E-state index contributed by atoms with van der Waals surface area (Å²) in [5.41, 5.74) is 2.14. The van der Waals surface area contributed by atoms with E-state index in [9.17, 15) is 9.59 Å². The van der Waals surface area contributed by atoms with Gasteiger partial charge in [0.25, 0.3) is 0 Å². The Labute approximate surface area is 146 Å². The monoisotopic (exact) mass is 348 g/mol. The van der Waals surface area contributed by atoms with Crippen molar-refractivity contribution >= 4 is 29.2 Å². The summed E-state index contributed by atoms with van der Waals surface area (Å²) in [5.74, 6) is -0.652. The van der Waals surface area contributed by atoms with E-state index in [1.165, 1.54) is 0 Å². The average Bonchev–Trinajstić information content (AvgIpc) is 2.80. The Balaban J connectivity index is 1.74. The summed E-state index contributed by atoms with van der Waals surface area (Å²) in [6.45, 7) is 5.54. The number of ether oxygens (including phenoxy) is 1. The van der Waals surface area contributed by atoms with Crippen LogP contribution in [-0.2, 0) is 14.3 Å². The van der Waals surface area contributed by atoms with E-state index in [0.717, 1.165) is 16.8 Å². The molecule has 2 atom stereocenters. The molecule has 6 heteroatoms. The van der Waals surface area contributed by atoms with Gasteiger partial charge in [-0.3, -0.25) is 4.79 Å². The Kier molecular flexibility index (Phi) is 4.30. The van der Waals surface area contributed by atoms with Crippen LogP contribution in [0, 0.1) is 0 Å². The lowest BCUT2D eigenvalue weighted by Gasteiger charge is -2.28. The number of anilines is 1. The van der Waals surface area contributed by atoms with E-state index in [-0.39, 0.29) is 23.8 Å². The fourth-order valence-corrected chi connectivity index (χ4v) is 3.24. The largest absolute Gasteiger partial charge is 0.458 e. The molecule has 2 aliphatic rings. The first-order valence-electron chi connectivity index (χ1n) is 8.03. The second kappa shape index (κ2) is 6.13. The van der Waals surface area contributed by atoms with E-state index in [1.807, 2.05) is 26.8 Å². The molecule has 24 heavy (non-hydrogen) atoms. The van der Waals surface area contributed by atoms with E-state index in [4.69, 9.17) is 16.3 Å². The maximum atomic E-state index is 12.3. The molecule has 2 N–H and O–H groups in total. The molecule has 3 rings (SSSR count). The molecule has 1 aromatic carbocycles. The van der Waals surface area contributed by atoms with Crippen LogP contribution in [0.25, 0.3) is 0 Å². The van der Waals surface area contributed by atoms with Gasteiger partial charge in [-0.05, 0) is 63.1 Å². The number of rotatable bonds is 2. The fraction of sp³-hybridized carbons (Fsp3) is 0.444. The highest BCUT2D eigenvalue weighted by atomic mass is 35.5. The molecular formula is C18H21ClN2O3. The molecule has 5 nitrogen and oxygen atoms in total. The van der Waals surface area contributed by atoms with Gasteiger partial charge in [-0.25, -0.2) is 4.79 Å². The SMILES string of the molecule is CC(C)(C)OC(=O)C1CCC(C2C(=O)Nc3cc(Cl)ccc32)=CN1. The van der Waals surface area contributed by atoms with Crippen molar-refractivity contribution in [1.29, 1.82) is 0 Å². The second-order valence-corrected chi connectivity index (χ2v) is 7.60. The molecular weight excluding hydrogens is 328 g/mol. The number of hydrogen-bond acceptors (Lipinski definition) is 4. The van der Waals surface area contributed by atoms with Gasteiger partial charge in [-0.2, -0.15) is 0 Å². The summed E-state index contributed by atoms with van der Waals surface area (Å²) in [7, 11) is 0. The Bertz CT molecular complexity index is 721. The summed E-state index contributed by atoms with van der Waals surface area (Å²) in [4.78, 5) is 24.5. The minimum atomic E-state index is -0.508. The molecule has 0 fully saturated rings. The van der Waals surface area contributed by atoms with Crippen LogP contribution in [0.4, 0.5) is 5.69 Å². The van der Waals surface area contributed by atoms with Gasteiger partial charge in [0.1, 0.15) is 11.6 Å². The van der Waals surface area contributed by atoms with E-state index in [0.29, 0.717) is 17.9 Å². The van der Waals surface area contributed by atoms with E-state index < -0.39 is 5.60 Å². The first-order chi connectivity index (χ1) is 11.2. The van der Waals surface area contributed by atoms with Crippen molar-refractivity contribution in [2.75, 3.05) is 5.32 Å². The predicted molar refractivity (Wildman–Crippen MR) is 92.9 cm³/mol. The summed E-state index contributed by atoms with van der Waals surface area (Å²) < 4.78 is 5.40. The van der Waals surface area contributed by atoms with Gasteiger partial charge in [0.05, 0.1) is 5.92 Å². The number of halogens is 1. The lowest BCUT2D eigenvalue weighted by atomic mass is 9.87. The van der Waals surface area contributed by atoms with Crippen molar-refractivity contribution in [3.63, 3.8) is 0 Å². The van der Waals surface area contributed by atoms with E-state index in [2.05, 4.69) is 10.6 Å². The molecule has 2 unspecified atom stereocenters. The van der Waals surface area contributed by atoms with Crippen molar-refractivity contribution in [1.82, 2.24) is 5.32 Å². The van der Waals surface area contributed by atoms with Crippen molar-refractivity contribution in [3.05, 3.63) is 40.6 Å². The van der Waals surface area contributed by atoms with E-state index >= 15 is 0 Å². The fourth-order valence-electron chi connectivity index (χ4n) is 3.06. The number of esters is 1. The number of carbonyl (C=O) groups is 2. The maximum absolute atomic E-state index is 12.3. The zero-order chi connectivity index (χ0) is 17.5. The Morgan fingerprint density at radius 1 is 1.33 bits per heavy atom. The van der Waals surface area contributed by atoms with Crippen LogP contribution in [0.1, 0.15) is 45.1 Å². The lowest BCUT2D eigenvalue weighted by Crippen LogP contribution is -2.41. The van der Waals surface area contributed by atoms with E-state index in [1.54, 1.807) is 18.3 Å². The van der Waals surface area contributed by atoms with Crippen LogP contribution in [-0.4, -0.2) is 23.5 Å². The molecule has 0 saturated heterocycles. The van der Waals surface area contributed by atoms with Crippen LogP contribution in [0.15, 0.2) is 30.0 Å². The highest BCUT2D eigenvalue weighted by Crippen LogP contribution is 2.40. The minimum Gasteiger partial charge on any atom is -0.458 e. The molecule has 128 valence electrons. The number of hydrogen-bond donors (Lipinski definition) is 2. The number of amides is 1. The third-order valence-corrected chi connectivity index (χ3v) is 4.34. The van der Waals surface area contributed by atoms with Crippen LogP contribution in [0.2, 0.25) is 5.02 Å². The number of carbonyl (C=O) groups excluding carboxylic acids is 2. The van der Waals surface area contributed by atoms with Gasteiger partial charge < -0.3 is 15.4 Å². The molecule has 0 saturated carbocycles. The summed E-state index contributed by atoms with van der Waals surface area (Å²) in [6.07, 6.45) is 3.05. The molecule has 1 aromatic rings. The van der Waals surface area contributed by atoms with Crippen LogP contribution >= 0.6 is 11.6 Å². The summed E-state index contributed by atoms with van der Waals surface area (Å²) in [5, 5.41) is 6.55. The number of fused-ring (bicyclic) bond motifs is 1. The molecule has 1 amide bonds. The van der Waals surface area contributed by atoms with Crippen molar-refractivity contribution in [2.45, 2.75) is 51.2 Å². The van der Waals surface area contributed by atoms with Crippen LogP contribution in [0.5, 0.6) is 0 Å². The quantitative estimate of drug-likeness (QED) is 0.804. The standard InChI is InChI=1S/C18H21ClN2O3/c1-18(2,3)24-17(23)13-7-4-10(9-20-13)15-12-6-5-11(19)8-14(12)21-16(15)22/h5-6,8-9,13,15,20H,4,7H2,1-3H3,(H,21,22). The first-order valence-corrected chi connectivity index (χ1v) is 8.40. The normalized spacial score (nSPS) is 23.0. The van der Waals surface area contributed by atoms with Crippen LogP contribution < -0.4 is 10.6 Å². The lowest BCUT2D eigenvalue weighted by molar-refractivity contribution is -0.157. The molecule has 0 aromatic heterocycles. The summed E-state index contributed by atoms with van der Waals surface area (Å²) in [6, 6.07) is 5.05. The van der Waals surface area contributed by atoms with Gasteiger partial charge in [0.15, 0.2) is 0 Å². The first kappa shape index (κ1) is 16.8. The van der Waals surface area contributed by atoms with Gasteiger partial charge in [-0.15, -0.1) is 0 Å². The van der Waals surface area contributed by atoms with Gasteiger partial charge in [0.2, 0.25) is 5.91 Å². The second-order valence-electron chi connectivity index (χ2n) is 7.16. The van der Waals surface area contributed by atoms with Gasteiger partial charge in [-0.1, -0.05) is 17.7 Å². The zero-order valence-corrected chi connectivity index (χ0v) is 14.7. The highest BCUT2D eigenvalue weighted by molar-refractivity contribution is 6.31. The highest BCUT2D eigenvalue weighted by Gasteiger charge is 2.36. The Morgan fingerprint density at radius 3 is 2.71 bits per heavy atom. The van der Waals surface area contributed by atoms with Gasteiger partial charge >= 0.3 is 5.97 Å². The molecule has 2 aliphatic heterocycles. The summed E-state index contributed by atoms with van der Waals surface area (Å²) >= 11 is 5.98. The third kappa shape index (κ3) is 3.41. The molecule has 0 radical (unpaired) electrons. The minimum absolute atomic E-state index is 0.0592. The van der Waals surface area contributed by atoms with Crippen molar-refractivity contribution in [3.8, 4) is 0 Å². The molecule has 0 spiro atoms. The Hall–Kier alpha value is -2.01. The molecule has 2 heterocycles. The van der Waals surface area contributed by atoms with Crippen LogP contribution in [0.3, 0.4) is 0 Å². The zero-order valence-electron chi connectivity index (χ0n) is 14.0. The topological polar surface area (TPSA) is 67.4 Å². The van der Waals surface area contributed by atoms with Crippen molar-refractivity contribution in [2.24, 2.45) is 0 Å². The smallest absolute Gasteiger partial charge is 0.329 e. The average molecular weight is 349 g/mol. The Morgan fingerprint density at radius 2 is 2.08 bits per heavy atom. The molecule has 0 bridgehead atoms. The molecule has 0 aliphatic carbocycles. The third-order valence-electron chi connectivity index (χ3n) is 4.10. The number of nitrogens with one attached hydrogen (secondary N) is 2. The van der Waals surface area contributed by atoms with Crippen molar-refractivity contribution < 1.29 is 14.3 Å².